The van der Waals surface area contributed by atoms with Crippen LogP contribution in [0.5, 0.6) is 0 Å². The van der Waals surface area contributed by atoms with Gasteiger partial charge in [0.25, 0.3) is 0 Å². The van der Waals surface area contributed by atoms with Crippen molar-refractivity contribution in [3.63, 3.8) is 0 Å². The van der Waals surface area contributed by atoms with Crippen molar-refractivity contribution in [2.24, 2.45) is 5.92 Å². The molecule has 0 aliphatic heterocycles. The van der Waals surface area contributed by atoms with E-state index in [2.05, 4.69) is 21.2 Å². The average Bonchev–Trinajstić information content (AvgIpc) is 3.06. The van der Waals surface area contributed by atoms with Crippen molar-refractivity contribution in [3.05, 3.63) is 34.1 Å². The van der Waals surface area contributed by atoms with Crippen molar-refractivity contribution in [1.82, 2.24) is 5.32 Å². The van der Waals surface area contributed by atoms with Crippen molar-refractivity contribution < 1.29 is 4.39 Å². The number of rotatable bonds is 5. The zero-order chi connectivity index (χ0) is 11.5. The highest BCUT2D eigenvalue weighted by Gasteiger charge is 2.24. The van der Waals surface area contributed by atoms with Gasteiger partial charge in [0.1, 0.15) is 5.82 Å². The molecule has 1 aromatic carbocycles. The van der Waals surface area contributed by atoms with E-state index < -0.39 is 0 Å². The molecule has 0 amide bonds. The van der Waals surface area contributed by atoms with Gasteiger partial charge < -0.3 is 5.32 Å². The van der Waals surface area contributed by atoms with Crippen LogP contribution < -0.4 is 5.32 Å². The fraction of sp³-hybridized carbons (Fsp3) is 0.538. The van der Waals surface area contributed by atoms with Gasteiger partial charge in [0, 0.05) is 6.04 Å². The third kappa shape index (κ3) is 3.29. The normalized spacial score (nSPS) is 17.4. The lowest BCUT2D eigenvalue weighted by molar-refractivity contribution is 0.490. The van der Waals surface area contributed by atoms with Crippen LogP contribution in [0.25, 0.3) is 0 Å². The highest BCUT2D eigenvalue weighted by Crippen LogP contribution is 2.34. The first-order valence-corrected chi connectivity index (χ1v) is 6.59. The monoisotopic (exact) mass is 285 g/mol. The summed E-state index contributed by atoms with van der Waals surface area (Å²) in [6, 6.07) is 5.80. The summed E-state index contributed by atoms with van der Waals surface area (Å²) in [5, 5.41) is 3.35. The molecule has 2 rings (SSSR count). The standard InChI is InChI=1S/C13H17BrFN/c1-16-11(6-9-2-3-9)7-10-4-5-13(15)12(14)8-10/h4-5,8-9,11,16H,2-3,6-7H2,1H3. The zero-order valence-corrected chi connectivity index (χ0v) is 11.1. The van der Waals surface area contributed by atoms with E-state index in [4.69, 9.17) is 0 Å². The lowest BCUT2D eigenvalue weighted by Crippen LogP contribution is -2.28. The molecule has 0 heterocycles. The van der Waals surface area contributed by atoms with Crippen molar-refractivity contribution in [1.29, 1.82) is 0 Å². The molecule has 0 saturated heterocycles. The predicted molar refractivity (Wildman–Crippen MR) is 68.0 cm³/mol. The van der Waals surface area contributed by atoms with Gasteiger partial charge >= 0.3 is 0 Å². The first-order valence-electron chi connectivity index (χ1n) is 5.80. The smallest absolute Gasteiger partial charge is 0.137 e. The molecule has 16 heavy (non-hydrogen) atoms. The van der Waals surface area contributed by atoms with Crippen molar-refractivity contribution in [3.8, 4) is 0 Å². The second-order valence-corrected chi connectivity index (χ2v) is 5.47. The molecule has 88 valence electrons. The Morgan fingerprint density at radius 3 is 2.81 bits per heavy atom. The molecule has 1 aromatic rings. The minimum atomic E-state index is -0.188. The molecule has 0 spiro atoms. The van der Waals surface area contributed by atoms with Crippen LogP contribution >= 0.6 is 15.9 Å². The van der Waals surface area contributed by atoms with Crippen molar-refractivity contribution in [2.45, 2.75) is 31.7 Å². The maximum atomic E-state index is 13.1. The molecular formula is C13H17BrFN. The molecule has 1 aliphatic rings. The van der Waals surface area contributed by atoms with Gasteiger partial charge in [-0.25, -0.2) is 4.39 Å². The van der Waals surface area contributed by atoms with Crippen molar-refractivity contribution in [2.75, 3.05) is 7.05 Å². The van der Waals surface area contributed by atoms with E-state index in [1.807, 2.05) is 19.2 Å². The number of halogens is 2. The van der Waals surface area contributed by atoms with E-state index in [9.17, 15) is 4.39 Å². The lowest BCUT2D eigenvalue weighted by atomic mass is 10.0. The fourth-order valence-corrected chi connectivity index (χ4v) is 2.44. The number of benzene rings is 1. The molecule has 3 heteroatoms. The molecule has 1 aliphatic carbocycles. The summed E-state index contributed by atoms with van der Waals surface area (Å²) in [4.78, 5) is 0. The van der Waals surface area contributed by atoms with Gasteiger partial charge in [0.15, 0.2) is 0 Å². The summed E-state index contributed by atoms with van der Waals surface area (Å²) in [5.41, 5.74) is 1.19. The highest BCUT2D eigenvalue weighted by molar-refractivity contribution is 9.10. The molecule has 1 unspecified atom stereocenters. The Kier molecular flexibility index (Phi) is 3.98. The van der Waals surface area contributed by atoms with Crippen LogP contribution in [0.1, 0.15) is 24.8 Å². The summed E-state index contributed by atoms with van der Waals surface area (Å²) in [5.74, 6) is 0.730. The Labute approximate surface area is 105 Å². The van der Waals surface area contributed by atoms with Crippen LogP contribution in [0.4, 0.5) is 4.39 Å². The van der Waals surface area contributed by atoms with Gasteiger partial charge in [0.05, 0.1) is 4.47 Å². The van der Waals surface area contributed by atoms with Gasteiger partial charge in [-0.05, 0) is 59.4 Å². The van der Waals surface area contributed by atoms with Gasteiger partial charge in [0.2, 0.25) is 0 Å². The summed E-state index contributed by atoms with van der Waals surface area (Å²) in [7, 11) is 2.01. The van der Waals surface area contributed by atoms with Crippen LogP contribution in [-0.4, -0.2) is 13.1 Å². The Bertz CT molecular complexity index is 363. The Balaban J connectivity index is 1.97. The summed E-state index contributed by atoms with van der Waals surface area (Å²) < 4.78 is 13.6. The van der Waals surface area contributed by atoms with Crippen LogP contribution in [0.15, 0.2) is 22.7 Å². The first-order chi connectivity index (χ1) is 7.69. The Hall–Kier alpha value is -0.410. The van der Waals surface area contributed by atoms with Crippen LogP contribution in [0.3, 0.4) is 0 Å². The minimum Gasteiger partial charge on any atom is -0.317 e. The third-order valence-corrected chi connectivity index (χ3v) is 3.80. The number of likely N-dealkylation sites (N-methyl/N-ethyl adjacent to an activating group) is 1. The molecular weight excluding hydrogens is 269 g/mol. The van der Waals surface area contributed by atoms with Gasteiger partial charge in [-0.15, -0.1) is 0 Å². The summed E-state index contributed by atoms with van der Waals surface area (Å²) in [6.07, 6.45) is 4.98. The SMILES string of the molecule is CNC(Cc1ccc(F)c(Br)c1)CC1CC1. The van der Waals surface area contributed by atoms with Crippen molar-refractivity contribution >= 4 is 15.9 Å². The molecule has 1 fully saturated rings. The lowest BCUT2D eigenvalue weighted by Gasteiger charge is -2.16. The minimum absolute atomic E-state index is 0.188. The second kappa shape index (κ2) is 5.28. The average molecular weight is 286 g/mol. The quantitative estimate of drug-likeness (QED) is 0.873. The second-order valence-electron chi connectivity index (χ2n) is 4.62. The number of hydrogen-bond acceptors (Lipinski definition) is 1. The number of hydrogen-bond donors (Lipinski definition) is 1. The molecule has 1 N–H and O–H groups in total. The van der Waals surface area contributed by atoms with E-state index >= 15 is 0 Å². The largest absolute Gasteiger partial charge is 0.317 e. The van der Waals surface area contributed by atoms with Crippen LogP contribution in [0.2, 0.25) is 0 Å². The summed E-state index contributed by atoms with van der Waals surface area (Å²) in [6.45, 7) is 0. The van der Waals surface area contributed by atoms with Gasteiger partial charge in [-0.3, -0.25) is 0 Å². The van der Waals surface area contributed by atoms with Gasteiger partial charge in [-0.2, -0.15) is 0 Å². The molecule has 1 nitrogen and oxygen atoms in total. The molecule has 0 radical (unpaired) electrons. The maximum absolute atomic E-state index is 13.1. The topological polar surface area (TPSA) is 12.0 Å². The molecule has 0 bridgehead atoms. The predicted octanol–water partition coefficient (Wildman–Crippen LogP) is 3.52. The van der Waals surface area contributed by atoms with Crippen LogP contribution in [0, 0.1) is 11.7 Å². The molecule has 0 aromatic heterocycles. The van der Waals surface area contributed by atoms with E-state index in [0.29, 0.717) is 10.5 Å². The summed E-state index contributed by atoms with van der Waals surface area (Å²) >= 11 is 3.23. The van der Waals surface area contributed by atoms with Crippen LogP contribution in [-0.2, 0) is 6.42 Å². The molecule has 1 atom stereocenters. The van der Waals surface area contributed by atoms with E-state index in [0.717, 1.165) is 12.3 Å². The zero-order valence-electron chi connectivity index (χ0n) is 9.47. The maximum Gasteiger partial charge on any atom is 0.137 e. The van der Waals surface area contributed by atoms with E-state index in [1.54, 1.807) is 0 Å². The third-order valence-electron chi connectivity index (χ3n) is 3.19. The fourth-order valence-electron chi connectivity index (χ4n) is 2.01. The highest BCUT2D eigenvalue weighted by atomic mass is 79.9. The Morgan fingerprint density at radius 1 is 1.50 bits per heavy atom. The molecule has 1 saturated carbocycles. The first kappa shape index (κ1) is 12.1. The van der Waals surface area contributed by atoms with E-state index in [-0.39, 0.29) is 5.82 Å². The Morgan fingerprint density at radius 2 is 2.25 bits per heavy atom. The van der Waals surface area contributed by atoms with Gasteiger partial charge in [-0.1, -0.05) is 18.9 Å². The van der Waals surface area contributed by atoms with E-state index in [1.165, 1.54) is 30.9 Å². The number of nitrogens with one attached hydrogen (secondary N) is 1.